The van der Waals surface area contributed by atoms with Gasteiger partial charge in [0.1, 0.15) is 12.4 Å². The normalized spacial score (nSPS) is 11.6. The van der Waals surface area contributed by atoms with E-state index in [1.54, 1.807) is 0 Å². The molecule has 0 bridgehead atoms. The number of rotatable bonds is 3. The Morgan fingerprint density at radius 3 is 2.75 bits per heavy atom. The SMILES string of the molecule is Cc1c(NC(=O)CCl)cnn1CC(F)(F)F. The minimum absolute atomic E-state index is 0.231. The third kappa shape index (κ3) is 3.41. The Morgan fingerprint density at radius 1 is 1.62 bits per heavy atom. The maximum atomic E-state index is 12.1. The summed E-state index contributed by atoms with van der Waals surface area (Å²) in [4.78, 5) is 10.9. The molecule has 1 rings (SSSR count). The first kappa shape index (κ1) is 12.8. The Kier molecular flexibility index (Phi) is 3.79. The second-order valence-corrected chi connectivity index (χ2v) is 3.37. The van der Waals surface area contributed by atoms with Crippen molar-refractivity contribution in [2.75, 3.05) is 11.2 Å². The van der Waals surface area contributed by atoms with Crippen molar-refractivity contribution in [3.05, 3.63) is 11.9 Å². The van der Waals surface area contributed by atoms with Crippen LogP contribution in [0.15, 0.2) is 6.20 Å². The zero-order chi connectivity index (χ0) is 12.3. The summed E-state index contributed by atoms with van der Waals surface area (Å²) in [6.07, 6.45) is -3.18. The molecule has 1 aromatic heterocycles. The molecule has 0 saturated carbocycles. The quantitative estimate of drug-likeness (QED) is 0.839. The molecule has 0 aromatic carbocycles. The molecular weight excluding hydrogens is 247 g/mol. The van der Waals surface area contributed by atoms with Crippen molar-refractivity contribution in [1.29, 1.82) is 0 Å². The molecule has 0 saturated heterocycles. The van der Waals surface area contributed by atoms with Crippen molar-refractivity contribution in [3.8, 4) is 0 Å². The van der Waals surface area contributed by atoms with E-state index in [4.69, 9.17) is 11.6 Å². The molecule has 0 spiro atoms. The summed E-state index contributed by atoms with van der Waals surface area (Å²) in [5.74, 6) is -0.750. The molecule has 0 aliphatic heterocycles. The van der Waals surface area contributed by atoms with Gasteiger partial charge in [-0.2, -0.15) is 18.3 Å². The highest BCUT2D eigenvalue weighted by atomic mass is 35.5. The number of nitrogens with zero attached hydrogens (tertiary/aromatic N) is 2. The number of nitrogens with one attached hydrogen (secondary N) is 1. The second kappa shape index (κ2) is 4.73. The van der Waals surface area contributed by atoms with E-state index in [2.05, 4.69) is 10.4 Å². The first-order chi connectivity index (χ1) is 7.33. The van der Waals surface area contributed by atoms with Crippen LogP contribution in [-0.2, 0) is 11.3 Å². The lowest BCUT2D eigenvalue weighted by Crippen LogP contribution is -2.20. The van der Waals surface area contributed by atoms with Crippen LogP contribution < -0.4 is 5.32 Å². The fourth-order valence-electron chi connectivity index (χ4n) is 1.08. The largest absolute Gasteiger partial charge is 0.408 e. The Balaban J connectivity index is 2.80. The molecule has 90 valence electrons. The Labute approximate surface area is 94.4 Å². The third-order valence-corrected chi connectivity index (χ3v) is 2.07. The number of halogens is 4. The van der Waals surface area contributed by atoms with Crippen LogP contribution in [0.3, 0.4) is 0 Å². The van der Waals surface area contributed by atoms with Crippen molar-refractivity contribution in [2.24, 2.45) is 0 Å². The molecular formula is C8H9ClF3N3O. The van der Waals surface area contributed by atoms with E-state index in [0.29, 0.717) is 0 Å². The van der Waals surface area contributed by atoms with Gasteiger partial charge in [-0.15, -0.1) is 11.6 Å². The first-order valence-corrected chi connectivity index (χ1v) is 4.82. The van der Waals surface area contributed by atoms with E-state index in [-0.39, 0.29) is 17.3 Å². The van der Waals surface area contributed by atoms with Crippen LogP contribution in [0, 0.1) is 6.92 Å². The minimum atomic E-state index is -4.34. The van der Waals surface area contributed by atoms with Gasteiger partial charge in [0.2, 0.25) is 5.91 Å². The number of aromatic nitrogens is 2. The molecule has 16 heavy (non-hydrogen) atoms. The van der Waals surface area contributed by atoms with Crippen LogP contribution in [0.5, 0.6) is 0 Å². The number of carbonyl (C=O) groups is 1. The van der Waals surface area contributed by atoms with Crippen LogP contribution >= 0.6 is 11.6 Å². The smallest absolute Gasteiger partial charge is 0.322 e. The van der Waals surface area contributed by atoms with Crippen LogP contribution in [0.25, 0.3) is 0 Å². The number of amides is 1. The molecule has 0 unspecified atom stereocenters. The van der Waals surface area contributed by atoms with Gasteiger partial charge in [-0.1, -0.05) is 0 Å². The summed E-state index contributed by atoms with van der Waals surface area (Å²) < 4.78 is 37.0. The highest BCUT2D eigenvalue weighted by molar-refractivity contribution is 6.29. The zero-order valence-electron chi connectivity index (χ0n) is 8.31. The average Bonchev–Trinajstić information content (AvgIpc) is 2.47. The van der Waals surface area contributed by atoms with Crippen molar-refractivity contribution < 1.29 is 18.0 Å². The molecule has 0 aliphatic rings. The number of alkyl halides is 4. The number of carbonyl (C=O) groups excluding carboxylic acids is 1. The fraction of sp³-hybridized carbons (Fsp3) is 0.500. The fourth-order valence-corrected chi connectivity index (χ4v) is 1.15. The van der Waals surface area contributed by atoms with Gasteiger partial charge in [0.15, 0.2) is 0 Å². The second-order valence-electron chi connectivity index (χ2n) is 3.10. The first-order valence-electron chi connectivity index (χ1n) is 4.28. The van der Waals surface area contributed by atoms with Gasteiger partial charge in [-0.05, 0) is 6.92 Å². The molecule has 8 heteroatoms. The van der Waals surface area contributed by atoms with Crippen LogP contribution in [0.2, 0.25) is 0 Å². The summed E-state index contributed by atoms with van der Waals surface area (Å²) in [6, 6.07) is 0. The van der Waals surface area contributed by atoms with Gasteiger partial charge in [0.25, 0.3) is 0 Å². The highest BCUT2D eigenvalue weighted by Crippen LogP contribution is 2.21. The molecule has 4 nitrogen and oxygen atoms in total. The summed E-state index contributed by atoms with van der Waals surface area (Å²) in [5.41, 5.74) is 0.464. The molecule has 0 atom stereocenters. The predicted molar refractivity (Wildman–Crippen MR) is 52.4 cm³/mol. The Bertz CT molecular complexity index is 388. The van der Waals surface area contributed by atoms with E-state index in [9.17, 15) is 18.0 Å². The van der Waals surface area contributed by atoms with Gasteiger partial charge < -0.3 is 5.32 Å². The highest BCUT2D eigenvalue weighted by Gasteiger charge is 2.29. The predicted octanol–water partition coefficient (Wildman–Crippen LogP) is 1.93. The lowest BCUT2D eigenvalue weighted by atomic mass is 10.4. The van der Waals surface area contributed by atoms with E-state index < -0.39 is 18.6 Å². The minimum Gasteiger partial charge on any atom is -0.322 e. The summed E-state index contributed by atoms with van der Waals surface area (Å²) in [5, 5.41) is 5.87. The number of hydrogen-bond acceptors (Lipinski definition) is 2. The third-order valence-electron chi connectivity index (χ3n) is 1.83. The van der Waals surface area contributed by atoms with Gasteiger partial charge >= 0.3 is 6.18 Å². The summed E-state index contributed by atoms with van der Waals surface area (Å²) >= 11 is 5.25. The number of anilines is 1. The van der Waals surface area contributed by atoms with E-state index in [1.165, 1.54) is 6.92 Å². The summed E-state index contributed by atoms with van der Waals surface area (Å²) in [6.45, 7) is 0.248. The Hall–Kier alpha value is -1.24. The molecule has 0 aliphatic carbocycles. The van der Waals surface area contributed by atoms with Crippen molar-refractivity contribution in [3.63, 3.8) is 0 Å². The monoisotopic (exact) mass is 255 g/mol. The topological polar surface area (TPSA) is 46.9 Å². The Morgan fingerprint density at radius 2 is 2.25 bits per heavy atom. The molecule has 0 fully saturated rings. The zero-order valence-corrected chi connectivity index (χ0v) is 9.06. The van der Waals surface area contributed by atoms with Crippen molar-refractivity contribution in [2.45, 2.75) is 19.6 Å². The molecule has 1 heterocycles. The van der Waals surface area contributed by atoms with E-state index in [0.717, 1.165) is 10.9 Å². The van der Waals surface area contributed by atoms with Crippen molar-refractivity contribution >= 4 is 23.2 Å². The van der Waals surface area contributed by atoms with Gasteiger partial charge in [0.05, 0.1) is 17.6 Å². The van der Waals surface area contributed by atoms with E-state index in [1.807, 2.05) is 0 Å². The van der Waals surface area contributed by atoms with Gasteiger partial charge in [-0.25, -0.2) is 0 Å². The van der Waals surface area contributed by atoms with Crippen LogP contribution in [0.4, 0.5) is 18.9 Å². The molecule has 1 amide bonds. The molecule has 1 aromatic rings. The average molecular weight is 256 g/mol. The maximum absolute atomic E-state index is 12.1. The van der Waals surface area contributed by atoms with Crippen molar-refractivity contribution in [1.82, 2.24) is 9.78 Å². The lowest BCUT2D eigenvalue weighted by molar-refractivity contribution is -0.142. The van der Waals surface area contributed by atoms with Gasteiger partial charge in [0, 0.05) is 0 Å². The summed E-state index contributed by atoms with van der Waals surface area (Å²) in [7, 11) is 0. The van der Waals surface area contributed by atoms with E-state index >= 15 is 0 Å². The standard InChI is InChI=1S/C8H9ClF3N3O/c1-5-6(14-7(16)2-9)3-13-15(5)4-8(10,11)12/h3H,2,4H2,1H3,(H,14,16). The van der Waals surface area contributed by atoms with Crippen LogP contribution in [-0.4, -0.2) is 27.7 Å². The lowest BCUT2D eigenvalue weighted by Gasteiger charge is -2.08. The molecule has 0 radical (unpaired) electrons. The van der Waals surface area contributed by atoms with Crippen LogP contribution in [0.1, 0.15) is 5.69 Å². The number of hydrogen-bond donors (Lipinski definition) is 1. The maximum Gasteiger partial charge on any atom is 0.408 e. The van der Waals surface area contributed by atoms with Gasteiger partial charge in [-0.3, -0.25) is 9.48 Å². The molecule has 1 N–H and O–H groups in total.